The zero-order valence-corrected chi connectivity index (χ0v) is 8.42. The second kappa shape index (κ2) is 4.02. The van der Waals surface area contributed by atoms with Crippen LogP contribution >= 0.6 is 0 Å². The molecule has 0 atom stereocenters. The number of nitrogens with zero attached hydrogens (tertiary/aromatic N) is 1. The van der Waals surface area contributed by atoms with Crippen molar-refractivity contribution in [2.24, 2.45) is 5.18 Å². The summed E-state index contributed by atoms with van der Waals surface area (Å²) in [6.45, 7) is 0. The Bertz CT molecular complexity index is 521. The van der Waals surface area contributed by atoms with Crippen molar-refractivity contribution in [1.29, 1.82) is 0 Å². The highest BCUT2D eigenvalue weighted by atomic mass is 16.3. The topological polar surface area (TPSA) is 75.7 Å². The van der Waals surface area contributed by atoms with Gasteiger partial charge in [-0.2, -0.15) is 0 Å². The number of nitrogens with two attached hydrogens (primary N) is 1. The molecule has 0 aromatic heterocycles. The average Bonchev–Trinajstić information content (AvgIpc) is 2.33. The number of hydrogen-bond acceptors (Lipinski definition) is 4. The van der Waals surface area contributed by atoms with Gasteiger partial charge in [0.1, 0.15) is 11.4 Å². The van der Waals surface area contributed by atoms with E-state index in [0.717, 1.165) is 11.1 Å². The number of nitrogen functional groups attached to an aromatic ring is 1. The van der Waals surface area contributed by atoms with Crippen molar-refractivity contribution >= 4 is 11.4 Å². The molecule has 0 spiro atoms. The van der Waals surface area contributed by atoms with Gasteiger partial charge in [-0.25, -0.2) is 0 Å². The van der Waals surface area contributed by atoms with Crippen molar-refractivity contribution in [1.82, 2.24) is 0 Å². The molecule has 0 aliphatic heterocycles. The first kappa shape index (κ1) is 10.2. The Labute approximate surface area is 92.3 Å². The fraction of sp³-hybridized carbons (Fsp3) is 0. The van der Waals surface area contributed by atoms with Gasteiger partial charge in [0.2, 0.25) is 0 Å². The molecule has 4 heteroatoms. The van der Waals surface area contributed by atoms with Crippen LogP contribution < -0.4 is 5.73 Å². The van der Waals surface area contributed by atoms with Crippen molar-refractivity contribution in [3.63, 3.8) is 0 Å². The number of aromatic hydroxyl groups is 1. The van der Waals surface area contributed by atoms with Crippen molar-refractivity contribution < 1.29 is 5.11 Å². The maximum Gasteiger partial charge on any atom is 0.138 e. The van der Waals surface area contributed by atoms with Crippen LogP contribution in [-0.2, 0) is 0 Å². The third-order valence-electron chi connectivity index (χ3n) is 2.33. The molecule has 0 saturated heterocycles. The van der Waals surface area contributed by atoms with E-state index in [1.54, 1.807) is 36.4 Å². The van der Waals surface area contributed by atoms with Crippen LogP contribution in [0.2, 0.25) is 0 Å². The lowest BCUT2D eigenvalue weighted by Crippen LogP contribution is -1.86. The highest BCUT2D eigenvalue weighted by Crippen LogP contribution is 2.28. The summed E-state index contributed by atoms with van der Waals surface area (Å²) in [6.07, 6.45) is 0. The molecule has 0 unspecified atom stereocenters. The van der Waals surface area contributed by atoms with Gasteiger partial charge in [0.25, 0.3) is 0 Å². The summed E-state index contributed by atoms with van der Waals surface area (Å²) in [5, 5.41) is 12.1. The standard InChI is InChI=1S/C12H10N2O2/c13-11-7-9(3-6-12(11)15)8-1-4-10(14-16)5-2-8/h1-7,15H,13H2. The Hall–Kier alpha value is -2.36. The number of rotatable bonds is 2. The van der Waals surface area contributed by atoms with Gasteiger partial charge in [0, 0.05) is 0 Å². The molecule has 4 nitrogen and oxygen atoms in total. The van der Waals surface area contributed by atoms with Crippen LogP contribution in [0.5, 0.6) is 5.75 Å². The quantitative estimate of drug-likeness (QED) is 0.458. The molecule has 0 amide bonds. The summed E-state index contributed by atoms with van der Waals surface area (Å²) < 4.78 is 0. The number of anilines is 1. The summed E-state index contributed by atoms with van der Waals surface area (Å²) in [4.78, 5) is 10.3. The van der Waals surface area contributed by atoms with Crippen LogP contribution in [0.15, 0.2) is 47.6 Å². The molecule has 2 aromatic rings. The molecule has 16 heavy (non-hydrogen) atoms. The lowest BCUT2D eigenvalue weighted by Gasteiger charge is -2.04. The molecule has 2 aromatic carbocycles. The van der Waals surface area contributed by atoms with Crippen LogP contribution in [0.25, 0.3) is 11.1 Å². The Morgan fingerprint density at radius 1 is 1.00 bits per heavy atom. The van der Waals surface area contributed by atoms with E-state index in [-0.39, 0.29) is 5.75 Å². The van der Waals surface area contributed by atoms with E-state index in [1.165, 1.54) is 6.07 Å². The van der Waals surface area contributed by atoms with Gasteiger partial charge >= 0.3 is 0 Å². The average molecular weight is 214 g/mol. The third-order valence-corrected chi connectivity index (χ3v) is 2.33. The van der Waals surface area contributed by atoms with E-state index in [2.05, 4.69) is 5.18 Å². The van der Waals surface area contributed by atoms with E-state index in [0.29, 0.717) is 11.4 Å². The van der Waals surface area contributed by atoms with E-state index in [4.69, 9.17) is 5.73 Å². The van der Waals surface area contributed by atoms with Gasteiger partial charge in [-0.3, -0.25) is 0 Å². The van der Waals surface area contributed by atoms with Crippen LogP contribution in [0.4, 0.5) is 11.4 Å². The number of nitroso groups, excluding NO2 is 1. The molecule has 0 fully saturated rings. The van der Waals surface area contributed by atoms with Crippen molar-refractivity contribution in [2.75, 3.05) is 5.73 Å². The Morgan fingerprint density at radius 3 is 2.19 bits per heavy atom. The monoisotopic (exact) mass is 214 g/mol. The zero-order chi connectivity index (χ0) is 11.5. The Balaban J connectivity index is 2.42. The molecular formula is C12H10N2O2. The fourth-order valence-corrected chi connectivity index (χ4v) is 1.45. The highest BCUT2D eigenvalue weighted by Gasteiger charge is 2.01. The minimum Gasteiger partial charge on any atom is -0.506 e. The Morgan fingerprint density at radius 2 is 1.62 bits per heavy atom. The summed E-state index contributed by atoms with van der Waals surface area (Å²) in [7, 11) is 0. The first-order chi connectivity index (χ1) is 7.70. The SMILES string of the molecule is Nc1cc(-c2ccc(N=O)cc2)ccc1O. The molecule has 0 heterocycles. The maximum absolute atomic E-state index is 10.3. The minimum atomic E-state index is 0.0647. The first-order valence-corrected chi connectivity index (χ1v) is 4.73. The van der Waals surface area contributed by atoms with E-state index in [9.17, 15) is 10.0 Å². The lowest BCUT2D eigenvalue weighted by atomic mass is 10.0. The molecule has 0 saturated carbocycles. The van der Waals surface area contributed by atoms with Gasteiger partial charge in [-0.1, -0.05) is 18.2 Å². The van der Waals surface area contributed by atoms with Crippen molar-refractivity contribution in [3.8, 4) is 16.9 Å². The van der Waals surface area contributed by atoms with Gasteiger partial charge in [-0.05, 0) is 40.6 Å². The Kier molecular flexibility index (Phi) is 2.55. The molecular weight excluding hydrogens is 204 g/mol. The molecule has 80 valence electrons. The zero-order valence-electron chi connectivity index (χ0n) is 8.42. The molecule has 0 aliphatic rings. The second-order valence-electron chi connectivity index (χ2n) is 3.41. The van der Waals surface area contributed by atoms with E-state index >= 15 is 0 Å². The fourth-order valence-electron chi connectivity index (χ4n) is 1.45. The van der Waals surface area contributed by atoms with Gasteiger partial charge in [0.15, 0.2) is 0 Å². The minimum absolute atomic E-state index is 0.0647. The molecule has 0 radical (unpaired) electrons. The van der Waals surface area contributed by atoms with Gasteiger partial charge in [-0.15, -0.1) is 4.91 Å². The molecule has 0 aliphatic carbocycles. The predicted octanol–water partition coefficient (Wildman–Crippen LogP) is 3.04. The predicted molar refractivity (Wildman–Crippen MR) is 63.4 cm³/mol. The van der Waals surface area contributed by atoms with Crippen molar-refractivity contribution in [2.45, 2.75) is 0 Å². The van der Waals surface area contributed by atoms with Crippen LogP contribution in [0, 0.1) is 4.91 Å². The number of hydrogen-bond donors (Lipinski definition) is 2. The smallest absolute Gasteiger partial charge is 0.138 e. The number of phenols is 1. The second-order valence-corrected chi connectivity index (χ2v) is 3.41. The third kappa shape index (κ3) is 1.86. The van der Waals surface area contributed by atoms with Crippen molar-refractivity contribution in [3.05, 3.63) is 47.4 Å². The van der Waals surface area contributed by atoms with Gasteiger partial charge in [0.05, 0.1) is 5.69 Å². The van der Waals surface area contributed by atoms with E-state index in [1.807, 2.05) is 0 Å². The lowest BCUT2D eigenvalue weighted by molar-refractivity contribution is 0.478. The van der Waals surface area contributed by atoms with Crippen LogP contribution in [0.3, 0.4) is 0 Å². The van der Waals surface area contributed by atoms with Gasteiger partial charge < -0.3 is 10.8 Å². The summed E-state index contributed by atoms with van der Waals surface area (Å²) in [5.41, 5.74) is 8.11. The summed E-state index contributed by atoms with van der Waals surface area (Å²) in [6, 6.07) is 11.8. The largest absolute Gasteiger partial charge is 0.506 e. The summed E-state index contributed by atoms with van der Waals surface area (Å²) in [5.74, 6) is 0.0647. The summed E-state index contributed by atoms with van der Waals surface area (Å²) >= 11 is 0. The number of phenolic OH excluding ortho intramolecular Hbond substituents is 1. The molecule has 2 rings (SSSR count). The highest BCUT2D eigenvalue weighted by molar-refractivity contribution is 5.71. The molecule has 3 N–H and O–H groups in total. The first-order valence-electron chi connectivity index (χ1n) is 4.73. The normalized spacial score (nSPS) is 10.0. The molecule has 0 bridgehead atoms. The van der Waals surface area contributed by atoms with Crippen LogP contribution in [0.1, 0.15) is 0 Å². The van der Waals surface area contributed by atoms with E-state index < -0.39 is 0 Å². The maximum atomic E-state index is 10.3. The van der Waals surface area contributed by atoms with Crippen LogP contribution in [-0.4, -0.2) is 5.11 Å². The number of benzene rings is 2.